The van der Waals surface area contributed by atoms with E-state index in [1.54, 1.807) is 4.68 Å². The quantitative estimate of drug-likeness (QED) is 0.589. The number of nitrogens with zero attached hydrogens (tertiary/aromatic N) is 4. The SMILES string of the molecule is CCCc1ccc(C(=O)CCC(=O)Nc2ccc(C)c(-n3nnnc3C)c2)cc1. The molecule has 1 amide bonds. The molecular formula is C22H25N5O2. The van der Waals surface area contributed by atoms with Gasteiger partial charge in [-0.3, -0.25) is 9.59 Å². The first-order valence-electron chi connectivity index (χ1n) is 9.76. The third-order valence-electron chi connectivity index (χ3n) is 4.74. The summed E-state index contributed by atoms with van der Waals surface area (Å²) in [5, 5.41) is 14.4. The lowest BCUT2D eigenvalue weighted by atomic mass is 10.0. The van der Waals surface area contributed by atoms with E-state index >= 15 is 0 Å². The van der Waals surface area contributed by atoms with Crippen LogP contribution in [0.4, 0.5) is 5.69 Å². The number of carbonyl (C=O) groups is 2. The fraction of sp³-hybridized carbons (Fsp3) is 0.318. The second-order valence-electron chi connectivity index (χ2n) is 7.06. The summed E-state index contributed by atoms with van der Waals surface area (Å²) >= 11 is 0. The first kappa shape index (κ1) is 20.4. The predicted octanol–water partition coefficient (Wildman–Crippen LogP) is 3.83. The Kier molecular flexibility index (Phi) is 6.49. The van der Waals surface area contributed by atoms with Gasteiger partial charge < -0.3 is 5.32 Å². The predicted molar refractivity (Wildman–Crippen MR) is 111 cm³/mol. The molecule has 150 valence electrons. The maximum absolute atomic E-state index is 12.4. The van der Waals surface area contributed by atoms with E-state index in [0.29, 0.717) is 17.1 Å². The minimum absolute atomic E-state index is 0.0305. The van der Waals surface area contributed by atoms with Gasteiger partial charge in [0.25, 0.3) is 0 Å². The van der Waals surface area contributed by atoms with Crippen LogP contribution in [0.15, 0.2) is 42.5 Å². The number of hydrogen-bond donors (Lipinski definition) is 1. The summed E-state index contributed by atoms with van der Waals surface area (Å²) in [4.78, 5) is 24.7. The lowest BCUT2D eigenvalue weighted by molar-refractivity contribution is -0.116. The Morgan fingerprint density at radius 3 is 2.45 bits per heavy atom. The molecule has 3 rings (SSSR count). The summed E-state index contributed by atoms with van der Waals surface area (Å²) in [5.74, 6) is 0.424. The normalized spacial score (nSPS) is 10.7. The van der Waals surface area contributed by atoms with E-state index in [2.05, 4.69) is 27.8 Å². The van der Waals surface area contributed by atoms with Crippen LogP contribution in [0, 0.1) is 13.8 Å². The first-order valence-corrected chi connectivity index (χ1v) is 9.76. The van der Waals surface area contributed by atoms with Gasteiger partial charge in [-0.2, -0.15) is 4.68 Å². The molecule has 2 aromatic carbocycles. The summed E-state index contributed by atoms with van der Waals surface area (Å²) in [6, 6.07) is 13.2. The van der Waals surface area contributed by atoms with Crippen LogP contribution in [-0.2, 0) is 11.2 Å². The number of hydrogen-bond acceptors (Lipinski definition) is 5. The highest BCUT2D eigenvalue weighted by atomic mass is 16.2. The minimum atomic E-state index is -0.204. The Morgan fingerprint density at radius 1 is 1.03 bits per heavy atom. The van der Waals surface area contributed by atoms with Crippen molar-refractivity contribution in [2.45, 2.75) is 46.5 Å². The Labute approximate surface area is 170 Å². The van der Waals surface area contributed by atoms with Gasteiger partial charge in [0.15, 0.2) is 11.6 Å². The van der Waals surface area contributed by atoms with Crippen molar-refractivity contribution in [2.24, 2.45) is 0 Å². The number of Topliss-reactive ketones (excluding diaryl/α,β-unsaturated/α-hetero) is 1. The van der Waals surface area contributed by atoms with Crippen molar-refractivity contribution in [1.82, 2.24) is 20.2 Å². The number of anilines is 1. The van der Waals surface area contributed by atoms with Gasteiger partial charge in [0.05, 0.1) is 5.69 Å². The Hall–Kier alpha value is -3.35. The van der Waals surface area contributed by atoms with Gasteiger partial charge in [0.2, 0.25) is 5.91 Å². The molecule has 7 nitrogen and oxygen atoms in total. The topological polar surface area (TPSA) is 89.8 Å². The van der Waals surface area contributed by atoms with Gasteiger partial charge in [-0.25, -0.2) is 0 Å². The van der Waals surface area contributed by atoms with Gasteiger partial charge >= 0.3 is 0 Å². The van der Waals surface area contributed by atoms with Gasteiger partial charge in [0, 0.05) is 24.1 Å². The van der Waals surface area contributed by atoms with Crippen molar-refractivity contribution in [3.63, 3.8) is 0 Å². The van der Waals surface area contributed by atoms with Crippen LogP contribution < -0.4 is 5.32 Å². The van der Waals surface area contributed by atoms with E-state index in [-0.39, 0.29) is 24.5 Å². The molecule has 0 atom stereocenters. The summed E-state index contributed by atoms with van der Waals surface area (Å²) in [7, 11) is 0. The molecule has 7 heteroatoms. The molecule has 1 aromatic heterocycles. The monoisotopic (exact) mass is 391 g/mol. The van der Waals surface area contributed by atoms with Crippen LogP contribution in [0.2, 0.25) is 0 Å². The zero-order valence-electron chi connectivity index (χ0n) is 17.0. The molecule has 1 heterocycles. The van der Waals surface area contributed by atoms with Crippen LogP contribution >= 0.6 is 0 Å². The molecule has 29 heavy (non-hydrogen) atoms. The van der Waals surface area contributed by atoms with Crippen LogP contribution in [0.5, 0.6) is 0 Å². The van der Waals surface area contributed by atoms with Crippen molar-refractivity contribution in [3.05, 3.63) is 65.0 Å². The fourth-order valence-electron chi connectivity index (χ4n) is 3.11. The molecule has 0 unspecified atom stereocenters. The molecular weight excluding hydrogens is 366 g/mol. The number of ketones is 1. The number of benzene rings is 2. The second kappa shape index (κ2) is 9.23. The summed E-state index contributed by atoms with van der Waals surface area (Å²) in [6.07, 6.45) is 2.37. The Morgan fingerprint density at radius 2 is 1.79 bits per heavy atom. The van der Waals surface area contributed by atoms with Gasteiger partial charge in [-0.1, -0.05) is 43.7 Å². The fourth-order valence-corrected chi connectivity index (χ4v) is 3.11. The van der Waals surface area contributed by atoms with E-state index in [9.17, 15) is 9.59 Å². The third-order valence-corrected chi connectivity index (χ3v) is 4.74. The van der Waals surface area contributed by atoms with E-state index in [4.69, 9.17) is 0 Å². The van der Waals surface area contributed by atoms with Crippen molar-refractivity contribution in [2.75, 3.05) is 5.32 Å². The molecule has 0 bridgehead atoms. The maximum atomic E-state index is 12.4. The molecule has 0 radical (unpaired) electrons. The number of nitrogens with one attached hydrogen (secondary N) is 1. The molecule has 1 N–H and O–H groups in total. The number of carbonyl (C=O) groups excluding carboxylic acids is 2. The number of rotatable bonds is 8. The largest absolute Gasteiger partial charge is 0.326 e. The molecule has 0 saturated carbocycles. The average molecular weight is 391 g/mol. The molecule has 0 aliphatic carbocycles. The smallest absolute Gasteiger partial charge is 0.224 e. The number of amides is 1. The minimum Gasteiger partial charge on any atom is -0.326 e. The molecule has 0 spiro atoms. The van der Waals surface area contributed by atoms with Crippen molar-refractivity contribution in [1.29, 1.82) is 0 Å². The zero-order chi connectivity index (χ0) is 20.8. The van der Waals surface area contributed by atoms with Crippen LogP contribution in [0.1, 0.15) is 53.5 Å². The highest BCUT2D eigenvalue weighted by Crippen LogP contribution is 2.20. The van der Waals surface area contributed by atoms with Crippen LogP contribution in [0.25, 0.3) is 5.69 Å². The maximum Gasteiger partial charge on any atom is 0.224 e. The van der Waals surface area contributed by atoms with E-state index in [1.807, 2.05) is 56.3 Å². The lowest BCUT2D eigenvalue weighted by Crippen LogP contribution is -2.14. The summed E-state index contributed by atoms with van der Waals surface area (Å²) in [5.41, 5.74) is 4.29. The zero-order valence-corrected chi connectivity index (χ0v) is 17.0. The first-order chi connectivity index (χ1) is 14.0. The molecule has 0 aliphatic heterocycles. The number of aromatic nitrogens is 4. The van der Waals surface area contributed by atoms with Crippen LogP contribution in [0.3, 0.4) is 0 Å². The molecule has 0 aliphatic rings. The standard InChI is InChI=1S/C22H25N5O2/c1-4-5-17-7-9-18(10-8-17)21(28)12-13-22(29)23-19-11-6-15(2)20(14-19)27-16(3)24-25-26-27/h6-11,14H,4-5,12-13H2,1-3H3,(H,23,29). The molecule has 0 saturated heterocycles. The van der Waals surface area contributed by atoms with E-state index in [1.165, 1.54) is 5.56 Å². The Bertz CT molecular complexity index is 1010. The summed E-state index contributed by atoms with van der Waals surface area (Å²) < 4.78 is 1.62. The van der Waals surface area contributed by atoms with Crippen molar-refractivity contribution in [3.8, 4) is 5.69 Å². The third kappa shape index (κ3) is 5.13. The highest BCUT2D eigenvalue weighted by molar-refractivity contribution is 6.00. The second-order valence-corrected chi connectivity index (χ2v) is 7.06. The number of tetrazole rings is 1. The average Bonchev–Trinajstić information content (AvgIpc) is 3.14. The molecule has 0 fully saturated rings. The van der Waals surface area contributed by atoms with Gasteiger partial charge in [0.1, 0.15) is 0 Å². The Balaban J connectivity index is 1.59. The highest BCUT2D eigenvalue weighted by Gasteiger charge is 2.12. The number of aryl methyl sites for hydroxylation is 3. The van der Waals surface area contributed by atoms with Crippen molar-refractivity contribution < 1.29 is 9.59 Å². The molecule has 3 aromatic rings. The van der Waals surface area contributed by atoms with Gasteiger partial charge in [-0.15, -0.1) is 5.10 Å². The lowest BCUT2D eigenvalue weighted by Gasteiger charge is -2.10. The van der Waals surface area contributed by atoms with Gasteiger partial charge in [-0.05, 0) is 54.0 Å². The van der Waals surface area contributed by atoms with E-state index < -0.39 is 0 Å². The summed E-state index contributed by atoms with van der Waals surface area (Å²) in [6.45, 7) is 5.89. The van der Waals surface area contributed by atoms with Crippen molar-refractivity contribution >= 4 is 17.4 Å². The van der Waals surface area contributed by atoms with Crippen LogP contribution in [-0.4, -0.2) is 31.9 Å². The van der Waals surface area contributed by atoms with E-state index in [0.717, 1.165) is 24.1 Å².